The Morgan fingerprint density at radius 1 is 1.33 bits per heavy atom. The smallest absolute Gasteiger partial charge is 0.222 e. The van der Waals surface area contributed by atoms with Crippen molar-refractivity contribution in [1.82, 2.24) is 15.5 Å². The molecule has 1 aromatic rings. The Morgan fingerprint density at radius 3 is 2.83 bits per heavy atom. The van der Waals surface area contributed by atoms with Crippen molar-refractivity contribution in [3.05, 3.63) is 23.3 Å². The van der Waals surface area contributed by atoms with E-state index >= 15 is 0 Å². The fourth-order valence-corrected chi connectivity index (χ4v) is 3.90. The number of nitrogens with one attached hydrogen (secondary N) is 2. The van der Waals surface area contributed by atoms with Crippen molar-refractivity contribution in [2.45, 2.75) is 65.6 Å². The molecule has 8 heteroatoms. The third-order valence-corrected chi connectivity index (χ3v) is 5.31. The van der Waals surface area contributed by atoms with Crippen molar-refractivity contribution in [2.75, 3.05) is 26.2 Å². The van der Waals surface area contributed by atoms with Crippen LogP contribution in [-0.4, -0.2) is 55.2 Å². The first kappa shape index (κ1) is 24.6. The quantitative estimate of drug-likeness (QED) is 0.322. The van der Waals surface area contributed by atoms with Crippen LogP contribution < -0.4 is 20.1 Å². The minimum atomic E-state index is 0. The number of nitrogens with zero attached hydrogens (tertiary/aromatic N) is 2. The molecule has 0 bridgehead atoms. The molecule has 30 heavy (non-hydrogen) atoms. The second-order valence-corrected chi connectivity index (χ2v) is 7.65. The van der Waals surface area contributed by atoms with Gasteiger partial charge in [0.05, 0.1) is 13.2 Å². The maximum absolute atomic E-state index is 11.9. The summed E-state index contributed by atoms with van der Waals surface area (Å²) in [6.07, 6.45) is 2.61. The summed E-state index contributed by atoms with van der Waals surface area (Å²) in [7, 11) is 0. The van der Waals surface area contributed by atoms with Crippen molar-refractivity contribution in [3.63, 3.8) is 0 Å². The van der Waals surface area contributed by atoms with Crippen LogP contribution in [0.25, 0.3) is 0 Å². The summed E-state index contributed by atoms with van der Waals surface area (Å²) in [6, 6.07) is 4.38. The number of carbonyl (C=O) groups is 1. The van der Waals surface area contributed by atoms with Crippen molar-refractivity contribution in [3.8, 4) is 11.5 Å². The van der Waals surface area contributed by atoms with Gasteiger partial charge in [0.25, 0.3) is 0 Å². The van der Waals surface area contributed by atoms with E-state index in [4.69, 9.17) is 14.5 Å². The summed E-state index contributed by atoms with van der Waals surface area (Å²) >= 11 is 0. The van der Waals surface area contributed by atoms with E-state index in [0.29, 0.717) is 19.6 Å². The number of carbonyl (C=O) groups excluding carboxylic acids is 1. The monoisotopic (exact) mass is 530 g/mol. The summed E-state index contributed by atoms with van der Waals surface area (Å²) in [5, 5.41) is 6.79. The minimum Gasteiger partial charge on any atom is -0.494 e. The zero-order valence-corrected chi connectivity index (χ0v) is 20.8. The summed E-state index contributed by atoms with van der Waals surface area (Å²) < 4.78 is 11.8. The normalized spacial score (nSPS) is 20.3. The Balaban J connectivity index is 0.00000320. The van der Waals surface area contributed by atoms with Crippen LogP contribution in [0.4, 0.5) is 0 Å². The topological polar surface area (TPSA) is 75.2 Å². The number of ether oxygens (including phenoxy) is 2. The van der Waals surface area contributed by atoms with Gasteiger partial charge < -0.3 is 25.0 Å². The number of likely N-dealkylation sites (tertiary alicyclic amines) is 1. The van der Waals surface area contributed by atoms with Crippen molar-refractivity contribution < 1.29 is 14.3 Å². The highest BCUT2D eigenvalue weighted by Gasteiger charge is 2.26. The second-order valence-electron chi connectivity index (χ2n) is 7.65. The number of benzene rings is 1. The lowest BCUT2D eigenvalue weighted by Crippen LogP contribution is -2.45. The zero-order chi connectivity index (χ0) is 20.8. The van der Waals surface area contributed by atoms with Crippen molar-refractivity contribution >= 4 is 35.8 Å². The highest BCUT2D eigenvalue weighted by atomic mass is 127. The van der Waals surface area contributed by atoms with Gasteiger partial charge in [-0.25, -0.2) is 4.99 Å². The van der Waals surface area contributed by atoms with Gasteiger partial charge in [0.15, 0.2) is 5.96 Å². The SMILES string of the molecule is CCNC(=NCc1cc2c(cc1OCC)CC(C)O2)NC1CCN(C(=O)CC)C1.I. The van der Waals surface area contributed by atoms with E-state index < -0.39 is 0 Å². The van der Waals surface area contributed by atoms with Gasteiger partial charge in [0.1, 0.15) is 17.6 Å². The molecule has 0 aliphatic carbocycles. The molecule has 1 fully saturated rings. The number of rotatable bonds is 7. The van der Waals surface area contributed by atoms with Crippen LogP contribution in [-0.2, 0) is 17.8 Å². The molecule has 1 saturated heterocycles. The molecule has 2 N–H and O–H groups in total. The van der Waals surface area contributed by atoms with E-state index in [1.54, 1.807) is 0 Å². The number of fused-ring (bicyclic) bond motifs is 1. The molecule has 2 aliphatic rings. The van der Waals surface area contributed by atoms with Gasteiger partial charge in [-0.2, -0.15) is 0 Å². The summed E-state index contributed by atoms with van der Waals surface area (Å²) in [6.45, 7) is 11.5. The van der Waals surface area contributed by atoms with E-state index in [9.17, 15) is 4.79 Å². The largest absolute Gasteiger partial charge is 0.494 e. The molecule has 1 amide bonds. The van der Waals surface area contributed by atoms with Crippen LogP contribution in [0.1, 0.15) is 51.7 Å². The Morgan fingerprint density at radius 2 is 2.13 bits per heavy atom. The fourth-order valence-electron chi connectivity index (χ4n) is 3.90. The second kappa shape index (κ2) is 11.6. The average molecular weight is 530 g/mol. The Bertz CT molecular complexity index is 756. The Hall–Kier alpha value is -1.71. The summed E-state index contributed by atoms with van der Waals surface area (Å²) in [5.74, 6) is 2.79. The van der Waals surface area contributed by atoms with Gasteiger partial charge in [-0.05, 0) is 39.3 Å². The van der Waals surface area contributed by atoms with Crippen molar-refractivity contribution in [2.24, 2.45) is 4.99 Å². The molecule has 0 saturated carbocycles. The molecule has 2 heterocycles. The first-order valence-corrected chi connectivity index (χ1v) is 10.8. The predicted octanol–water partition coefficient (Wildman–Crippen LogP) is 3.09. The van der Waals surface area contributed by atoms with Crippen LogP contribution >= 0.6 is 24.0 Å². The van der Waals surface area contributed by atoms with E-state index in [2.05, 4.69) is 36.6 Å². The molecule has 0 aromatic heterocycles. The zero-order valence-electron chi connectivity index (χ0n) is 18.5. The molecule has 0 radical (unpaired) electrons. The minimum absolute atomic E-state index is 0. The summed E-state index contributed by atoms with van der Waals surface area (Å²) in [4.78, 5) is 18.6. The molecule has 2 aliphatic heterocycles. The van der Waals surface area contributed by atoms with E-state index in [-0.39, 0.29) is 42.0 Å². The lowest BCUT2D eigenvalue weighted by Gasteiger charge is -2.19. The lowest BCUT2D eigenvalue weighted by molar-refractivity contribution is -0.129. The van der Waals surface area contributed by atoms with Gasteiger partial charge in [-0.1, -0.05) is 6.92 Å². The number of guanidine groups is 1. The number of hydrogen-bond acceptors (Lipinski definition) is 4. The van der Waals surface area contributed by atoms with Crippen LogP contribution in [0, 0.1) is 0 Å². The molecule has 2 unspecified atom stereocenters. The highest BCUT2D eigenvalue weighted by Crippen LogP contribution is 2.35. The van der Waals surface area contributed by atoms with Crippen LogP contribution in [0.15, 0.2) is 17.1 Å². The van der Waals surface area contributed by atoms with Gasteiger partial charge in [-0.3, -0.25) is 4.79 Å². The first-order chi connectivity index (χ1) is 14.0. The van der Waals surface area contributed by atoms with Crippen LogP contribution in [0.3, 0.4) is 0 Å². The fraction of sp³-hybridized carbons (Fsp3) is 0.636. The third-order valence-electron chi connectivity index (χ3n) is 5.31. The number of aliphatic imine (C=N–C) groups is 1. The average Bonchev–Trinajstić information content (AvgIpc) is 3.31. The van der Waals surface area contributed by atoms with E-state index in [0.717, 1.165) is 55.5 Å². The molecule has 0 spiro atoms. The maximum Gasteiger partial charge on any atom is 0.222 e. The number of amides is 1. The molecular weight excluding hydrogens is 495 g/mol. The lowest BCUT2D eigenvalue weighted by atomic mass is 10.1. The summed E-state index contributed by atoms with van der Waals surface area (Å²) in [5.41, 5.74) is 2.22. The molecule has 2 atom stereocenters. The van der Waals surface area contributed by atoms with E-state index in [1.807, 2.05) is 18.7 Å². The number of halogens is 1. The van der Waals surface area contributed by atoms with Crippen molar-refractivity contribution in [1.29, 1.82) is 0 Å². The van der Waals surface area contributed by atoms with Gasteiger partial charge in [0, 0.05) is 49.6 Å². The molecular formula is C22H35IN4O3. The molecule has 1 aromatic carbocycles. The van der Waals surface area contributed by atoms with E-state index in [1.165, 1.54) is 5.56 Å². The van der Waals surface area contributed by atoms with Crippen LogP contribution in [0.5, 0.6) is 11.5 Å². The molecule has 3 rings (SSSR count). The Kier molecular flexibility index (Phi) is 9.51. The Labute approximate surface area is 197 Å². The van der Waals surface area contributed by atoms with Gasteiger partial charge in [-0.15, -0.1) is 24.0 Å². The van der Waals surface area contributed by atoms with Crippen LogP contribution in [0.2, 0.25) is 0 Å². The third kappa shape index (κ3) is 6.15. The predicted molar refractivity (Wildman–Crippen MR) is 130 cm³/mol. The first-order valence-electron chi connectivity index (χ1n) is 10.8. The molecule has 7 nitrogen and oxygen atoms in total. The maximum atomic E-state index is 11.9. The highest BCUT2D eigenvalue weighted by molar-refractivity contribution is 14.0. The van der Waals surface area contributed by atoms with Gasteiger partial charge in [0.2, 0.25) is 5.91 Å². The number of hydrogen-bond donors (Lipinski definition) is 2. The molecule has 168 valence electrons. The van der Waals surface area contributed by atoms with Gasteiger partial charge >= 0.3 is 0 Å². The standard InChI is InChI=1S/C22H34N4O3.HI/c1-5-21(27)26-9-8-18(14-26)25-22(23-6-2)24-13-17-12-20-16(10-15(4)29-20)11-19(17)28-7-3;/h11-12,15,18H,5-10,13-14H2,1-4H3,(H2,23,24,25);1H.